The Labute approximate surface area is 194 Å². The molecule has 1 heterocycles. The summed E-state index contributed by atoms with van der Waals surface area (Å²) in [5, 5.41) is 2.72. The predicted molar refractivity (Wildman–Crippen MR) is 128 cm³/mol. The molecule has 2 aromatic rings. The summed E-state index contributed by atoms with van der Waals surface area (Å²) in [4.78, 5) is 26.8. The van der Waals surface area contributed by atoms with Gasteiger partial charge in [-0.25, -0.2) is 8.42 Å². The molecule has 9 heteroatoms. The van der Waals surface area contributed by atoms with Crippen molar-refractivity contribution >= 4 is 39.3 Å². The number of rotatable bonds is 7. The van der Waals surface area contributed by atoms with Crippen LogP contribution in [0.4, 0.5) is 5.69 Å². The van der Waals surface area contributed by atoms with Gasteiger partial charge < -0.3 is 10.2 Å². The highest BCUT2D eigenvalue weighted by atomic mass is 32.2. The largest absolute Gasteiger partial charge is 0.341 e. The van der Waals surface area contributed by atoms with Crippen molar-refractivity contribution < 1.29 is 18.0 Å². The Morgan fingerprint density at radius 2 is 1.69 bits per heavy atom. The molecule has 1 fully saturated rings. The van der Waals surface area contributed by atoms with Crippen molar-refractivity contribution in [2.45, 2.75) is 25.2 Å². The van der Waals surface area contributed by atoms with Gasteiger partial charge >= 0.3 is 0 Å². The van der Waals surface area contributed by atoms with Gasteiger partial charge in [-0.15, -0.1) is 0 Å². The summed E-state index contributed by atoms with van der Waals surface area (Å²) in [5.74, 6) is 1.63. The van der Waals surface area contributed by atoms with Crippen LogP contribution in [0.25, 0.3) is 0 Å². The summed E-state index contributed by atoms with van der Waals surface area (Å²) in [6.07, 6.45) is 0.329. The maximum Gasteiger partial charge on any atom is 0.243 e. The van der Waals surface area contributed by atoms with E-state index in [0.717, 1.165) is 45.6 Å². The van der Waals surface area contributed by atoms with E-state index in [1.807, 2.05) is 42.6 Å². The number of carbonyl (C=O) groups excluding carboxylic acids is 2. The van der Waals surface area contributed by atoms with Crippen molar-refractivity contribution in [2.24, 2.45) is 0 Å². The Kier molecular flexibility index (Phi) is 7.97. The van der Waals surface area contributed by atoms with Crippen molar-refractivity contribution in [2.75, 3.05) is 43.5 Å². The Bertz CT molecular complexity index is 1080. The van der Waals surface area contributed by atoms with E-state index >= 15 is 0 Å². The van der Waals surface area contributed by atoms with E-state index in [1.54, 1.807) is 30.3 Å². The Morgan fingerprint density at radius 3 is 2.31 bits per heavy atom. The maximum atomic E-state index is 12.8. The lowest BCUT2D eigenvalue weighted by Crippen LogP contribution is -2.38. The second kappa shape index (κ2) is 10.5. The third-order valence-electron chi connectivity index (χ3n) is 5.51. The number of hydrogen-bond acceptors (Lipinski definition) is 5. The molecule has 0 spiro atoms. The first-order valence-corrected chi connectivity index (χ1v) is 13.0. The lowest BCUT2D eigenvalue weighted by Gasteiger charge is -2.26. The van der Waals surface area contributed by atoms with Gasteiger partial charge in [-0.2, -0.15) is 16.1 Å². The van der Waals surface area contributed by atoms with Gasteiger partial charge in [-0.1, -0.05) is 18.2 Å². The summed E-state index contributed by atoms with van der Waals surface area (Å²) < 4.78 is 26.6. The highest BCUT2D eigenvalue weighted by molar-refractivity contribution is 7.99. The lowest BCUT2D eigenvalue weighted by atomic mass is 10.1. The van der Waals surface area contributed by atoms with Crippen molar-refractivity contribution in [3.63, 3.8) is 0 Å². The first kappa shape index (κ1) is 24.3. The van der Waals surface area contributed by atoms with E-state index < -0.39 is 15.9 Å². The fourth-order valence-electron chi connectivity index (χ4n) is 3.35. The molecule has 1 aliphatic rings. The van der Waals surface area contributed by atoms with Crippen LogP contribution in [0.3, 0.4) is 0 Å². The molecule has 0 aliphatic carbocycles. The number of sulfonamides is 1. The highest BCUT2D eigenvalue weighted by Gasteiger charge is 2.23. The molecular formula is C23H29N3O4S2. The summed E-state index contributed by atoms with van der Waals surface area (Å²) in [6.45, 7) is 5.04. The van der Waals surface area contributed by atoms with Crippen molar-refractivity contribution in [3.8, 4) is 0 Å². The first-order chi connectivity index (χ1) is 15.2. The maximum absolute atomic E-state index is 12.8. The molecule has 1 saturated heterocycles. The standard InChI is InChI=1S/C23H29N3O4S2/c1-17-4-9-21(14-18(17)2)32(29,30)25(3)16-22(27)24-20-7-5-19(6-8-20)15-23(28)26-10-12-31-13-11-26/h4-9,14H,10-13,15-16H2,1-3H3,(H,24,27). The van der Waals surface area contributed by atoms with Crippen LogP contribution in [0.15, 0.2) is 47.4 Å². The van der Waals surface area contributed by atoms with Gasteiger partial charge in [0.05, 0.1) is 17.9 Å². The van der Waals surface area contributed by atoms with Crippen LogP contribution in [0.5, 0.6) is 0 Å². The number of aryl methyl sites for hydroxylation is 2. The Balaban J connectivity index is 1.56. The van der Waals surface area contributed by atoms with Crippen LogP contribution in [-0.4, -0.2) is 67.6 Å². The number of likely N-dealkylation sites (N-methyl/N-ethyl adjacent to an activating group) is 1. The molecule has 1 N–H and O–H groups in total. The second-order valence-electron chi connectivity index (χ2n) is 7.92. The Hall–Kier alpha value is -2.36. The number of carbonyl (C=O) groups is 2. The molecule has 3 rings (SSSR count). The molecule has 0 radical (unpaired) electrons. The van der Waals surface area contributed by atoms with E-state index in [4.69, 9.17) is 0 Å². The van der Waals surface area contributed by atoms with Gasteiger partial charge in [0.2, 0.25) is 21.8 Å². The van der Waals surface area contributed by atoms with E-state index in [2.05, 4.69) is 5.32 Å². The van der Waals surface area contributed by atoms with E-state index in [-0.39, 0.29) is 17.3 Å². The topological polar surface area (TPSA) is 86.8 Å². The number of hydrogen-bond donors (Lipinski definition) is 1. The molecule has 0 aromatic heterocycles. The molecule has 0 atom stereocenters. The number of thioether (sulfide) groups is 1. The molecule has 0 unspecified atom stereocenters. The monoisotopic (exact) mass is 475 g/mol. The molecule has 7 nitrogen and oxygen atoms in total. The minimum atomic E-state index is -3.77. The zero-order valence-electron chi connectivity index (χ0n) is 18.6. The van der Waals surface area contributed by atoms with Gasteiger partial charge in [0, 0.05) is 37.3 Å². The number of benzene rings is 2. The lowest BCUT2D eigenvalue weighted by molar-refractivity contribution is -0.130. The van der Waals surface area contributed by atoms with E-state index in [1.165, 1.54) is 7.05 Å². The molecule has 0 bridgehead atoms. The number of nitrogens with zero attached hydrogens (tertiary/aromatic N) is 2. The summed E-state index contributed by atoms with van der Waals surface area (Å²) in [6, 6.07) is 12.0. The van der Waals surface area contributed by atoms with Crippen molar-refractivity contribution in [1.29, 1.82) is 0 Å². The van der Waals surface area contributed by atoms with E-state index in [0.29, 0.717) is 12.1 Å². The van der Waals surface area contributed by atoms with E-state index in [9.17, 15) is 18.0 Å². The molecule has 172 valence electrons. The molecule has 2 aromatic carbocycles. The van der Waals surface area contributed by atoms with Gasteiger partial charge in [0.1, 0.15) is 0 Å². The van der Waals surface area contributed by atoms with Crippen LogP contribution in [0.2, 0.25) is 0 Å². The third-order valence-corrected chi connectivity index (χ3v) is 8.25. The van der Waals surface area contributed by atoms with Crippen LogP contribution in [0, 0.1) is 13.8 Å². The molecule has 1 aliphatic heterocycles. The van der Waals surface area contributed by atoms with Gasteiger partial charge in [-0.05, 0) is 54.8 Å². The minimum absolute atomic E-state index is 0.111. The second-order valence-corrected chi connectivity index (χ2v) is 11.2. The fraction of sp³-hybridized carbons (Fsp3) is 0.391. The first-order valence-electron chi connectivity index (χ1n) is 10.4. The zero-order valence-corrected chi connectivity index (χ0v) is 20.3. The summed E-state index contributed by atoms with van der Waals surface area (Å²) >= 11 is 1.86. The summed E-state index contributed by atoms with van der Waals surface area (Å²) in [5.41, 5.74) is 3.31. The minimum Gasteiger partial charge on any atom is -0.341 e. The van der Waals surface area contributed by atoms with Crippen molar-refractivity contribution in [1.82, 2.24) is 9.21 Å². The highest BCUT2D eigenvalue weighted by Crippen LogP contribution is 2.19. The average molecular weight is 476 g/mol. The predicted octanol–water partition coefficient (Wildman–Crippen LogP) is 2.68. The van der Waals surface area contributed by atoms with Crippen molar-refractivity contribution in [3.05, 3.63) is 59.2 Å². The van der Waals surface area contributed by atoms with Crippen LogP contribution < -0.4 is 5.32 Å². The van der Waals surface area contributed by atoms with Crippen LogP contribution >= 0.6 is 11.8 Å². The van der Waals surface area contributed by atoms with Crippen LogP contribution in [0.1, 0.15) is 16.7 Å². The third kappa shape index (κ3) is 6.11. The average Bonchev–Trinajstić information content (AvgIpc) is 2.77. The molecule has 32 heavy (non-hydrogen) atoms. The summed E-state index contributed by atoms with van der Waals surface area (Å²) in [7, 11) is -2.38. The number of amides is 2. The molecule has 0 saturated carbocycles. The van der Waals surface area contributed by atoms with Gasteiger partial charge in [-0.3, -0.25) is 9.59 Å². The quantitative estimate of drug-likeness (QED) is 0.665. The zero-order chi connectivity index (χ0) is 23.3. The van der Waals surface area contributed by atoms with Gasteiger partial charge in [0.15, 0.2) is 0 Å². The smallest absolute Gasteiger partial charge is 0.243 e. The molecular weight excluding hydrogens is 446 g/mol. The van der Waals surface area contributed by atoms with Gasteiger partial charge in [0.25, 0.3) is 0 Å². The normalized spacial score (nSPS) is 14.4. The number of anilines is 1. The van der Waals surface area contributed by atoms with Crippen LogP contribution in [-0.2, 0) is 26.0 Å². The Morgan fingerprint density at radius 1 is 1.03 bits per heavy atom. The SMILES string of the molecule is Cc1ccc(S(=O)(=O)N(C)CC(=O)Nc2ccc(CC(=O)N3CCSCC3)cc2)cc1C. The fourth-order valence-corrected chi connectivity index (χ4v) is 5.46. The number of nitrogens with one attached hydrogen (secondary N) is 1. The molecule has 2 amide bonds.